The van der Waals surface area contributed by atoms with Crippen LogP contribution in [0.3, 0.4) is 0 Å². The van der Waals surface area contributed by atoms with E-state index in [2.05, 4.69) is 21.0 Å². The number of nitrogens with zero attached hydrogens (tertiary/aromatic N) is 2. The number of hydrogen-bond donors (Lipinski definition) is 1. The van der Waals surface area contributed by atoms with Gasteiger partial charge in [0.25, 0.3) is 5.91 Å². The zero-order valence-electron chi connectivity index (χ0n) is 17.2. The molecule has 118 valence electrons. The van der Waals surface area contributed by atoms with Gasteiger partial charge in [-0.3, -0.25) is 4.79 Å². The second-order valence-corrected chi connectivity index (χ2v) is 6.40. The largest absolute Gasteiger partial charge is 0.442 e. The molecule has 0 bridgehead atoms. The first-order valence-corrected chi connectivity index (χ1v) is 7.16. The number of carbonyl (C=O) groups excluding carboxylic acids is 2. The molecule has 0 unspecified atom stereocenters. The van der Waals surface area contributed by atoms with Crippen LogP contribution in [0.25, 0.3) is 10.9 Å². The van der Waals surface area contributed by atoms with Crippen molar-refractivity contribution in [2.45, 2.75) is 33.2 Å². The fourth-order valence-corrected chi connectivity index (χ4v) is 2.17. The molecule has 0 fully saturated rings. The van der Waals surface area contributed by atoms with Crippen LogP contribution < -0.4 is 5.32 Å². The maximum atomic E-state index is 12.5. The van der Waals surface area contributed by atoms with Crippen molar-refractivity contribution in [2.24, 2.45) is 0 Å². The molecule has 1 aromatic heterocycles. The molecule has 1 aromatic carbocycles. The highest BCUT2D eigenvalue weighted by molar-refractivity contribution is 9.10. The molecule has 1 heterocycles. The summed E-state index contributed by atoms with van der Waals surface area (Å²) in [4.78, 5) is 24.9. The van der Waals surface area contributed by atoms with Gasteiger partial charge in [-0.05, 0) is 45.8 Å². The number of benzene rings is 1. The van der Waals surface area contributed by atoms with Gasteiger partial charge in [0.1, 0.15) is 5.60 Å². The third-order valence-electron chi connectivity index (χ3n) is 2.60. The standard InChI is InChI=1S/C15H18BrN3O3/c1-5-17-13(20)12-10-7-6-9(16)8-11(10)19(18-12)14(21)22-15(2,3)4/h6-8H,5H2,1-4H3,(H,17,20)/i1D3,5D2. The molecule has 0 atom stereocenters. The van der Waals surface area contributed by atoms with E-state index in [-0.39, 0.29) is 16.6 Å². The lowest BCUT2D eigenvalue weighted by Crippen LogP contribution is -2.28. The van der Waals surface area contributed by atoms with Crippen molar-refractivity contribution < 1.29 is 21.2 Å². The highest BCUT2D eigenvalue weighted by Gasteiger charge is 2.24. The molecule has 2 rings (SSSR count). The Bertz CT molecular complexity index is 902. The van der Waals surface area contributed by atoms with Crippen LogP contribution in [0.1, 0.15) is 45.0 Å². The lowest BCUT2D eigenvalue weighted by Gasteiger charge is -2.19. The van der Waals surface area contributed by atoms with Crippen molar-refractivity contribution in [3.63, 3.8) is 0 Å². The first-order chi connectivity index (χ1) is 12.1. The number of hydrogen-bond acceptors (Lipinski definition) is 4. The number of halogens is 1. The molecule has 1 amide bonds. The second kappa shape index (κ2) is 6.08. The van der Waals surface area contributed by atoms with Crippen molar-refractivity contribution in [3.8, 4) is 0 Å². The van der Waals surface area contributed by atoms with Crippen molar-refractivity contribution in [1.82, 2.24) is 15.1 Å². The van der Waals surface area contributed by atoms with E-state index in [0.29, 0.717) is 4.47 Å². The Morgan fingerprint density at radius 1 is 1.50 bits per heavy atom. The number of amides is 1. The Morgan fingerprint density at radius 2 is 2.23 bits per heavy atom. The van der Waals surface area contributed by atoms with Crippen LogP contribution in [-0.4, -0.2) is 33.9 Å². The highest BCUT2D eigenvalue weighted by atomic mass is 79.9. The number of fused-ring (bicyclic) bond motifs is 1. The Labute approximate surface area is 144 Å². The van der Waals surface area contributed by atoms with Crippen molar-refractivity contribution >= 4 is 38.8 Å². The van der Waals surface area contributed by atoms with Gasteiger partial charge < -0.3 is 10.1 Å². The summed E-state index contributed by atoms with van der Waals surface area (Å²) < 4.78 is 43.4. The molecule has 22 heavy (non-hydrogen) atoms. The van der Waals surface area contributed by atoms with Gasteiger partial charge in [0.15, 0.2) is 5.69 Å². The third-order valence-corrected chi connectivity index (χ3v) is 3.09. The van der Waals surface area contributed by atoms with Gasteiger partial charge in [0.2, 0.25) is 0 Å². The quantitative estimate of drug-likeness (QED) is 0.877. The molecule has 0 aliphatic heterocycles. The minimum Gasteiger partial charge on any atom is -0.442 e. The van der Waals surface area contributed by atoms with Gasteiger partial charge >= 0.3 is 6.09 Å². The van der Waals surface area contributed by atoms with Gasteiger partial charge in [0, 0.05) is 23.2 Å². The normalized spacial score (nSPS) is 16.1. The molecule has 7 heteroatoms. The van der Waals surface area contributed by atoms with Crippen molar-refractivity contribution in [3.05, 3.63) is 28.4 Å². The van der Waals surface area contributed by atoms with Gasteiger partial charge in [-0.15, -0.1) is 0 Å². The second-order valence-electron chi connectivity index (χ2n) is 5.48. The molecular weight excluding hydrogens is 350 g/mol. The number of carbonyl (C=O) groups is 2. The summed E-state index contributed by atoms with van der Waals surface area (Å²) in [6.45, 7) is -1.03. The van der Waals surface area contributed by atoms with E-state index < -0.39 is 31.0 Å². The summed E-state index contributed by atoms with van der Waals surface area (Å²) in [5, 5.41) is 5.99. The summed E-state index contributed by atoms with van der Waals surface area (Å²) >= 11 is 3.27. The van der Waals surface area contributed by atoms with Crippen molar-refractivity contribution in [1.29, 1.82) is 0 Å². The van der Waals surface area contributed by atoms with Crippen LogP contribution in [0, 0.1) is 0 Å². The van der Waals surface area contributed by atoms with Crippen molar-refractivity contribution in [2.75, 3.05) is 6.50 Å². The predicted octanol–water partition coefficient (Wildman–Crippen LogP) is 3.33. The molecule has 0 saturated carbocycles. The lowest BCUT2D eigenvalue weighted by molar-refractivity contribution is 0.0522. The molecular formula is C15H18BrN3O3. The number of rotatable bonds is 2. The Morgan fingerprint density at radius 3 is 2.86 bits per heavy atom. The molecule has 6 nitrogen and oxygen atoms in total. The third kappa shape index (κ3) is 3.47. The van der Waals surface area contributed by atoms with Crippen LogP contribution in [0.4, 0.5) is 4.79 Å². The van der Waals surface area contributed by atoms with Crippen LogP contribution in [0.2, 0.25) is 0 Å². The maximum Gasteiger partial charge on any atom is 0.435 e. The average Bonchev–Trinajstić information content (AvgIpc) is 2.82. The van der Waals surface area contributed by atoms with E-state index in [9.17, 15) is 9.59 Å². The average molecular weight is 373 g/mol. The van der Waals surface area contributed by atoms with Crippen LogP contribution in [0.5, 0.6) is 0 Å². The number of nitrogens with one attached hydrogen (secondary N) is 1. The highest BCUT2D eigenvalue weighted by Crippen LogP contribution is 2.24. The minimum atomic E-state index is -3.07. The Hall–Kier alpha value is -1.89. The molecule has 1 N–H and O–H groups in total. The zero-order chi connectivity index (χ0) is 20.8. The summed E-state index contributed by atoms with van der Waals surface area (Å²) in [5.41, 5.74) is -0.850. The van der Waals surface area contributed by atoms with Gasteiger partial charge in [-0.2, -0.15) is 9.78 Å². The monoisotopic (exact) mass is 372 g/mol. The minimum absolute atomic E-state index is 0.239. The Balaban J connectivity index is 2.52. The molecule has 0 aliphatic carbocycles. The van der Waals surface area contributed by atoms with E-state index >= 15 is 0 Å². The molecule has 2 aromatic rings. The topological polar surface area (TPSA) is 73.2 Å². The van der Waals surface area contributed by atoms with E-state index in [1.807, 2.05) is 5.32 Å². The smallest absolute Gasteiger partial charge is 0.435 e. The first-order valence-electron chi connectivity index (χ1n) is 8.86. The molecule has 0 saturated heterocycles. The maximum absolute atomic E-state index is 12.5. The molecule has 0 spiro atoms. The van der Waals surface area contributed by atoms with Gasteiger partial charge in [-0.1, -0.05) is 15.9 Å². The van der Waals surface area contributed by atoms with Crippen LogP contribution in [0.15, 0.2) is 22.7 Å². The fraction of sp³-hybridized carbons (Fsp3) is 0.400. The first kappa shape index (κ1) is 10.8. The summed E-state index contributed by atoms with van der Waals surface area (Å²) in [6.07, 6.45) is -0.830. The Kier molecular flexibility index (Phi) is 2.98. The van der Waals surface area contributed by atoms with E-state index in [4.69, 9.17) is 11.6 Å². The summed E-state index contributed by atoms with van der Waals surface area (Å²) in [6, 6.07) is 4.66. The van der Waals surface area contributed by atoms with Crippen LogP contribution >= 0.6 is 15.9 Å². The van der Waals surface area contributed by atoms with E-state index in [1.54, 1.807) is 32.9 Å². The zero-order valence-corrected chi connectivity index (χ0v) is 13.8. The number of ether oxygens (including phenoxy) is 1. The molecule has 0 radical (unpaired) electrons. The fourth-order valence-electron chi connectivity index (χ4n) is 1.82. The predicted molar refractivity (Wildman–Crippen MR) is 87.1 cm³/mol. The van der Waals surface area contributed by atoms with Gasteiger partial charge in [0.05, 0.1) is 5.52 Å². The SMILES string of the molecule is [2H]C([2H])([2H])C([2H])([2H])NC(=O)c1nn(C(=O)OC(C)(C)C)c2cc(Br)ccc12. The summed E-state index contributed by atoms with van der Waals surface area (Å²) in [5.74, 6) is -1.06. The lowest BCUT2D eigenvalue weighted by atomic mass is 10.2. The van der Waals surface area contributed by atoms with Crippen LogP contribution in [-0.2, 0) is 4.74 Å². The molecule has 0 aliphatic rings. The van der Waals surface area contributed by atoms with Gasteiger partial charge in [-0.25, -0.2) is 4.79 Å². The number of aromatic nitrogens is 2. The summed E-state index contributed by atoms with van der Waals surface area (Å²) in [7, 11) is 0. The van der Waals surface area contributed by atoms with E-state index in [0.717, 1.165) is 4.68 Å². The van der Waals surface area contributed by atoms with E-state index in [1.165, 1.54) is 6.07 Å².